The predicted octanol–water partition coefficient (Wildman–Crippen LogP) is 5.16. The summed E-state index contributed by atoms with van der Waals surface area (Å²) in [7, 11) is 0. The molecule has 3 rings (SSSR count). The number of hydrogen-bond donors (Lipinski definition) is 0. The summed E-state index contributed by atoms with van der Waals surface area (Å²) in [5.74, 6) is 1.94. The van der Waals surface area contributed by atoms with Crippen LogP contribution in [0.4, 0.5) is 0 Å². The molecular weight excluding hydrogens is 408 g/mol. The number of para-hydroxylation sites is 1. The molecule has 0 aromatic heterocycles. The molecule has 0 atom stereocenters. The number of benzene rings is 3. The monoisotopic (exact) mass is 436 g/mol. The number of esters is 1. The molecule has 0 amide bonds. The van der Waals surface area contributed by atoms with E-state index in [2.05, 4.69) is 6.58 Å². The fraction of sp³-hybridized carbons (Fsp3) is 0.269. The van der Waals surface area contributed by atoms with Gasteiger partial charge in [0.25, 0.3) is 0 Å². The molecule has 6 heteroatoms. The second-order valence-electron chi connectivity index (χ2n) is 7.01. The zero-order valence-corrected chi connectivity index (χ0v) is 18.3. The predicted molar refractivity (Wildman–Crippen MR) is 123 cm³/mol. The summed E-state index contributed by atoms with van der Waals surface area (Å²) in [4.78, 5) is 11.2. The van der Waals surface area contributed by atoms with Crippen molar-refractivity contribution in [2.75, 3.05) is 39.6 Å². The minimum absolute atomic E-state index is 0.200. The Morgan fingerprint density at radius 1 is 0.719 bits per heavy atom. The van der Waals surface area contributed by atoms with Crippen LogP contribution in [0.1, 0.15) is 6.92 Å². The number of hydrogen-bond acceptors (Lipinski definition) is 6. The molecule has 0 unspecified atom stereocenters. The zero-order valence-electron chi connectivity index (χ0n) is 18.3. The topological polar surface area (TPSA) is 63.2 Å². The average Bonchev–Trinajstić information content (AvgIpc) is 2.81. The molecule has 0 radical (unpaired) electrons. The van der Waals surface area contributed by atoms with Gasteiger partial charge in [0, 0.05) is 16.3 Å². The largest absolute Gasteiger partial charge is 0.491 e. The van der Waals surface area contributed by atoms with Gasteiger partial charge in [-0.05, 0) is 31.2 Å². The Morgan fingerprint density at radius 2 is 1.28 bits per heavy atom. The summed E-state index contributed by atoms with van der Waals surface area (Å²) in [6, 6.07) is 21.5. The van der Waals surface area contributed by atoms with Gasteiger partial charge in [-0.1, -0.05) is 49.0 Å². The molecule has 3 aromatic carbocycles. The number of fused-ring (bicyclic) bond motifs is 1. The Hall–Kier alpha value is -3.35. The van der Waals surface area contributed by atoms with Crippen LogP contribution in [0.2, 0.25) is 0 Å². The second kappa shape index (κ2) is 12.5. The molecule has 0 heterocycles. The van der Waals surface area contributed by atoms with E-state index in [0.29, 0.717) is 38.6 Å². The fourth-order valence-corrected chi connectivity index (χ4v) is 2.92. The van der Waals surface area contributed by atoms with E-state index < -0.39 is 5.97 Å². The van der Waals surface area contributed by atoms with Crippen molar-refractivity contribution in [1.82, 2.24) is 0 Å². The average molecular weight is 437 g/mol. The third kappa shape index (κ3) is 7.11. The molecule has 0 fully saturated rings. The SMILES string of the molecule is C=C(C)C(=O)OCCOCCOCCOc1ccc(Oc2ccccc2)c2ccccc12. The maximum atomic E-state index is 11.2. The van der Waals surface area contributed by atoms with Crippen molar-refractivity contribution in [1.29, 1.82) is 0 Å². The van der Waals surface area contributed by atoms with E-state index in [0.717, 1.165) is 28.0 Å². The van der Waals surface area contributed by atoms with Gasteiger partial charge in [-0.25, -0.2) is 4.79 Å². The van der Waals surface area contributed by atoms with E-state index in [1.807, 2.05) is 66.7 Å². The standard InChI is InChI=1S/C26H28O6/c1-20(2)26(27)31-19-17-29-15-14-28-16-18-30-24-12-13-25(23-11-7-6-10-22(23)24)32-21-8-4-3-5-9-21/h3-13H,1,14-19H2,2H3. The molecule has 0 aliphatic rings. The summed E-state index contributed by atoms with van der Waals surface area (Å²) in [5.41, 5.74) is 0.375. The molecule has 0 N–H and O–H groups in total. The normalized spacial score (nSPS) is 10.7. The molecule has 0 saturated carbocycles. The minimum atomic E-state index is -0.408. The number of rotatable bonds is 13. The van der Waals surface area contributed by atoms with Crippen LogP contribution in [-0.4, -0.2) is 45.6 Å². The Labute approximate surface area is 188 Å². The highest BCUT2D eigenvalue weighted by atomic mass is 16.6. The van der Waals surface area contributed by atoms with Crippen molar-refractivity contribution in [2.45, 2.75) is 6.92 Å². The van der Waals surface area contributed by atoms with Gasteiger partial charge in [0.2, 0.25) is 0 Å². The highest BCUT2D eigenvalue weighted by Crippen LogP contribution is 2.35. The summed E-state index contributed by atoms with van der Waals surface area (Å²) in [5, 5.41) is 1.96. The lowest BCUT2D eigenvalue weighted by molar-refractivity contribution is -0.140. The summed E-state index contributed by atoms with van der Waals surface area (Å²) >= 11 is 0. The zero-order chi connectivity index (χ0) is 22.6. The van der Waals surface area contributed by atoms with Gasteiger partial charge >= 0.3 is 5.97 Å². The number of carbonyl (C=O) groups is 1. The van der Waals surface area contributed by atoms with Crippen LogP contribution >= 0.6 is 0 Å². The molecular formula is C26H28O6. The van der Waals surface area contributed by atoms with E-state index in [4.69, 9.17) is 23.7 Å². The molecule has 168 valence electrons. The second-order valence-corrected chi connectivity index (χ2v) is 7.01. The molecule has 0 spiro atoms. The summed E-state index contributed by atoms with van der Waals surface area (Å²) < 4.78 is 27.8. The minimum Gasteiger partial charge on any atom is -0.491 e. The van der Waals surface area contributed by atoms with Crippen molar-refractivity contribution in [2.24, 2.45) is 0 Å². The number of ether oxygens (including phenoxy) is 5. The fourth-order valence-electron chi connectivity index (χ4n) is 2.92. The Morgan fingerprint density at radius 3 is 1.97 bits per heavy atom. The summed E-state index contributed by atoms with van der Waals surface area (Å²) in [6.07, 6.45) is 0. The van der Waals surface area contributed by atoms with E-state index in [9.17, 15) is 4.79 Å². The first-order valence-electron chi connectivity index (χ1n) is 10.5. The Kier molecular flexibility index (Phi) is 9.10. The van der Waals surface area contributed by atoms with Gasteiger partial charge in [-0.15, -0.1) is 0 Å². The molecule has 0 aliphatic heterocycles. The van der Waals surface area contributed by atoms with Gasteiger partial charge in [0.05, 0.1) is 26.4 Å². The first kappa shape index (κ1) is 23.3. The Balaban J connectivity index is 1.40. The maximum absolute atomic E-state index is 11.2. The van der Waals surface area contributed by atoms with Gasteiger partial charge in [0.1, 0.15) is 30.5 Å². The summed E-state index contributed by atoms with van der Waals surface area (Å²) in [6.45, 7) is 7.35. The first-order valence-corrected chi connectivity index (χ1v) is 10.5. The van der Waals surface area contributed by atoms with Crippen molar-refractivity contribution in [3.8, 4) is 17.2 Å². The van der Waals surface area contributed by atoms with Crippen LogP contribution < -0.4 is 9.47 Å². The lowest BCUT2D eigenvalue weighted by atomic mass is 10.1. The van der Waals surface area contributed by atoms with Crippen molar-refractivity contribution >= 4 is 16.7 Å². The quantitative estimate of drug-likeness (QED) is 0.209. The smallest absolute Gasteiger partial charge is 0.333 e. The maximum Gasteiger partial charge on any atom is 0.333 e. The van der Waals surface area contributed by atoms with Gasteiger partial charge in [-0.2, -0.15) is 0 Å². The van der Waals surface area contributed by atoms with Crippen molar-refractivity contribution in [3.63, 3.8) is 0 Å². The van der Waals surface area contributed by atoms with Gasteiger partial charge in [0.15, 0.2) is 0 Å². The van der Waals surface area contributed by atoms with Crippen LogP contribution in [0.25, 0.3) is 10.8 Å². The molecule has 0 saturated heterocycles. The van der Waals surface area contributed by atoms with Crippen molar-refractivity contribution in [3.05, 3.63) is 78.9 Å². The lowest BCUT2D eigenvalue weighted by Gasteiger charge is -2.13. The van der Waals surface area contributed by atoms with Crippen molar-refractivity contribution < 1.29 is 28.5 Å². The highest BCUT2D eigenvalue weighted by molar-refractivity contribution is 5.93. The van der Waals surface area contributed by atoms with Crippen LogP contribution in [0.15, 0.2) is 78.9 Å². The van der Waals surface area contributed by atoms with Gasteiger partial charge in [-0.3, -0.25) is 0 Å². The van der Waals surface area contributed by atoms with E-state index in [-0.39, 0.29) is 6.61 Å². The third-order valence-corrected chi connectivity index (χ3v) is 4.48. The molecule has 6 nitrogen and oxygen atoms in total. The van der Waals surface area contributed by atoms with Gasteiger partial charge < -0.3 is 23.7 Å². The first-order chi connectivity index (χ1) is 15.6. The molecule has 0 aliphatic carbocycles. The molecule has 3 aromatic rings. The Bertz CT molecular complexity index is 1020. The molecule has 32 heavy (non-hydrogen) atoms. The van der Waals surface area contributed by atoms with Crippen LogP contribution in [0.3, 0.4) is 0 Å². The van der Waals surface area contributed by atoms with E-state index >= 15 is 0 Å². The number of carbonyl (C=O) groups excluding carboxylic acids is 1. The van der Waals surface area contributed by atoms with Crippen LogP contribution in [-0.2, 0) is 19.0 Å². The van der Waals surface area contributed by atoms with Crippen LogP contribution in [0, 0.1) is 0 Å². The third-order valence-electron chi connectivity index (χ3n) is 4.48. The molecule has 0 bridgehead atoms. The highest BCUT2D eigenvalue weighted by Gasteiger charge is 2.09. The van der Waals surface area contributed by atoms with E-state index in [1.165, 1.54) is 0 Å². The van der Waals surface area contributed by atoms with E-state index in [1.54, 1.807) is 6.92 Å². The van der Waals surface area contributed by atoms with Crippen LogP contribution in [0.5, 0.6) is 17.2 Å². The lowest BCUT2D eigenvalue weighted by Crippen LogP contribution is -2.14.